The highest BCUT2D eigenvalue weighted by atomic mass is 35.5. The Morgan fingerprint density at radius 1 is 1.00 bits per heavy atom. The molecular formula is C6H4Cl3N. The minimum Gasteiger partial charge on any atom is -0.397 e. The molecule has 0 amide bonds. The van der Waals surface area contributed by atoms with Crippen molar-refractivity contribution in [3.63, 3.8) is 0 Å². The summed E-state index contributed by atoms with van der Waals surface area (Å²) in [6.45, 7) is 0. The molecule has 0 aliphatic heterocycles. The smallest absolute Gasteiger partial charge is 0.0836 e. The first-order valence-electron chi connectivity index (χ1n) is 2.52. The lowest BCUT2D eigenvalue weighted by atomic mass is 10.3. The van der Waals surface area contributed by atoms with Crippen LogP contribution < -0.4 is 5.73 Å². The highest BCUT2D eigenvalue weighted by Crippen LogP contribution is 2.33. The first kappa shape index (κ1) is 7.99. The number of hydrogen-bond donors (Lipinski definition) is 1. The standard InChI is InChI=1S/C6H4Cl3N/c7-3-1-2-4(10)6(9)5(3)8/h1-2H,10H2. The van der Waals surface area contributed by atoms with Gasteiger partial charge in [-0.3, -0.25) is 0 Å². The summed E-state index contributed by atoms with van der Waals surface area (Å²) in [5.74, 6) is 0. The van der Waals surface area contributed by atoms with Gasteiger partial charge in [-0.05, 0) is 12.1 Å². The lowest BCUT2D eigenvalue weighted by Gasteiger charge is -2.00. The van der Waals surface area contributed by atoms with Crippen molar-refractivity contribution in [3.8, 4) is 0 Å². The number of hydrogen-bond acceptors (Lipinski definition) is 1. The van der Waals surface area contributed by atoms with E-state index in [1.807, 2.05) is 0 Å². The SMILES string of the molecule is Nc1ccc(Cl)c(Cl)c1Cl. The van der Waals surface area contributed by atoms with E-state index in [2.05, 4.69) is 0 Å². The Balaban J connectivity index is 3.34. The van der Waals surface area contributed by atoms with Gasteiger partial charge in [-0.15, -0.1) is 0 Å². The van der Waals surface area contributed by atoms with Crippen molar-refractivity contribution in [2.75, 3.05) is 5.73 Å². The zero-order valence-electron chi connectivity index (χ0n) is 4.87. The molecule has 0 atom stereocenters. The van der Waals surface area contributed by atoms with Crippen LogP contribution >= 0.6 is 34.8 Å². The first-order valence-corrected chi connectivity index (χ1v) is 3.65. The maximum atomic E-state index is 5.64. The van der Waals surface area contributed by atoms with Crippen LogP contribution in [-0.4, -0.2) is 0 Å². The summed E-state index contributed by atoms with van der Waals surface area (Å²) in [6, 6.07) is 3.21. The van der Waals surface area contributed by atoms with Gasteiger partial charge in [0.2, 0.25) is 0 Å². The summed E-state index contributed by atoms with van der Waals surface area (Å²) in [5, 5.41) is 1.04. The van der Waals surface area contributed by atoms with Gasteiger partial charge in [0.25, 0.3) is 0 Å². The third kappa shape index (κ3) is 1.31. The molecule has 0 saturated heterocycles. The molecule has 2 N–H and O–H groups in total. The van der Waals surface area contributed by atoms with Gasteiger partial charge in [-0.25, -0.2) is 0 Å². The Hall–Kier alpha value is -0.110. The predicted molar refractivity (Wildman–Crippen MR) is 45.9 cm³/mol. The molecule has 1 aromatic rings. The minimum atomic E-state index is 0.309. The van der Waals surface area contributed by atoms with E-state index in [0.717, 1.165) is 0 Å². The molecular weight excluding hydrogens is 192 g/mol. The lowest BCUT2D eigenvalue weighted by Crippen LogP contribution is -1.85. The van der Waals surface area contributed by atoms with E-state index >= 15 is 0 Å². The van der Waals surface area contributed by atoms with Crippen LogP contribution in [0.1, 0.15) is 0 Å². The maximum Gasteiger partial charge on any atom is 0.0836 e. The molecule has 54 valence electrons. The van der Waals surface area contributed by atoms with E-state index in [0.29, 0.717) is 20.8 Å². The fraction of sp³-hybridized carbons (Fsp3) is 0. The second-order valence-electron chi connectivity index (χ2n) is 1.76. The zero-order chi connectivity index (χ0) is 7.72. The van der Waals surface area contributed by atoms with Gasteiger partial charge in [0.15, 0.2) is 0 Å². The van der Waals surface area contributed by atoms with Crippen LogP contribution in [0, 0.1) is 0 Å². The number of benzene rings is 1. The van der Waals surface area contributed by atoms with Crippen molar-refractivity contribution in [1.29, 1.82) is 0 Å². The Bertz CT molecular complexity index is 232. The molecule has 1 nitrogen and oxygen atoms in total. The quantitative estimate of drug-likeness (QED) is 0.500. The Labute approximate surface area is 73.7 Å². The molecule has 0 spiro atoms. The highest BCUT2D eigenvalue weighted by molar-refractivity contribution is 6.49. The topological polar surface area (TPSA) is 26.0 Å². The van der Waals surface area contributed by atoms with Crippen LogP contribution in [0.25, 0.3) is 0 Å². The first-order chi connectivity index (χ1) is 4.63. The van der Waals surface area contributed by atoms with E-state index < -0.39 is 0 Å². The summed E-state index contributed by atoms with van der Waals surface area (Å²) in [6.07, 6.45) is 0. The molecule has 4 heteroatoms. The average Bonchev–Trinajstić information content (AvgIpc) is 1.93. The van der Waals surface area contributed by atoms with Crippen molar-refractivity contribution in [3.05, 3.63) is 27.2 Å². The van der Waals surface area contributed by atoms with Gasteiger partial charge in [0.1, 0.15) is 0 Å². The van der Waals surface area contributed by atoms with Gasteiger partial charge in [0, 0.05) is 0 Å². The van der Waals surface area contributed by atoms with Crippen molar-refractivity contribution < 1.29 is 0 Å². The molecule has 0 aromatic heterocycles. The number of nitrogens with two attached hydrogens (primary N) is 1. The Morgan fingerprint density at radius 2 is 1.60 bits per heavy atom. The fourth-order valence-corrected chi connectivity index (χ4v) is 1.08. The normalized spacial score (nSPS) is 9.90. The zero-order valence-corrected chi connectivity index (χ0v) is 7.13. The molecule has 0 heterocycles. The minimum absolute atomic E-state index is 0.309. The van der Waals surface area contributed by atoms with Gasteiger partial charge in [-0.1, -0.05) is 34.8 Å². The largest absolute Gasteiger partial charge is 0.397 e. The van der Waals surface area contributed by atoms with Crippen LogP contribution in [0.5, 0.6) is 0 Å². The Morgan fingerprint density at radius 3 is 2.10 bits per heavy atom. The molecule has 10 heavy (non-hydrogen) atoms. The summed E-state index contributed by atoms with van der Waals surface area (Å²) >= 11 is 16.9. The number of anilines is 1. The molecule has 0 unspecified atom stereocenters. The summed E-state index contributed by atoms with van der Waals surface area (Å²) in [5.41, 5.74) is 5.86. The third-order valence-corrected chi connectivity index (χ3v) is 2.37. The van der Waals surface area contributed by atoms with Gasteiger partial charge in [0.05, 0.1) is 20.8 Å². The van der Waals surface area contributed by atoms with E-state index in [4.69, 9.17) is 40.5 Å². The molecule has 1 aromatic carbocycles. The molecule has 0 radical (unpaired) electrons. The van der Waals surface area contributed by atoms with E-state index in [-0.39, 0.29) is 0 Å². The lowest BCUT2D eigenvalue weighted by molar-refractivity contribution is 1.68. The van der Waals surface area contributed by atoms with Crippen LogP contribution in [-0.2, 0) is 0 Å². The van der Waals surface area contributed by atoms with Gasteiger partial charge >= 0.3 is 0 Å². The fourth-order valence-electron chi connectivity index (χ4n) is 0.541. The monoisotopic (exact) mass is 195 g/mol. The second kappa shape index (κ2) is 2.87. The number of halogens is 3. The van der Waals surface area contributed by atoms with Crippen molar-refractivity contribution in [1.82, 2.24) is 0 Å². The van der Waals surface area contributed by atoms with Crippen LogP contribution in [0.15, 0.2) is 12.1 Å². The molecule has 0 aliphatic carbocycles. The molecule has 1 rings (SSSR count). The van der Waals surface area contributed by atoms with Crippen LogP contribution in [0.4, 0.5) is 5.69 Å². The molecule has 0 fully saturated rings. The van der Waals surface area contributed by atoms with Crippen molar-refractivity contribution >= 4 is 40.5 Å². The summed E-state index contributed by atoms with van der Waals surface area (Å²) in [4.78, 5) is 0. The Kier molecular flexibility index (Phi) is 2.29. The van der Waals surface area contributed by atoms with Crippen molar-refractivity contribution in [2.45, 2.75) is 0 Å². The van der Waals surface area contributed by atoms with Gasteiger partial charge in [-0.2, -0.15) is 0 Å². The van der Waals surface area contributed by atoms with Crippen molar-refractivity contribution in [2.24, 2.45) is 0 Å². The highest BCUT2D eigenvalue weighted by Gasteiger charge is 2.04. The summed E-state index contributed by atoms with van der Waals surface area (Å²) in [7, 11) is 0. The second-order valence-corrected chi connectivity index (χ2v) is 2.93. The predicted octanol–water partition coefficient (Wildman–Crippen LogP) is 3.23. The summed E-state index contributed by atoms with van der Waals surface area (Å²) < 4.78 is 0. The van der Waals surface area contributed by atoms with E-state index in [1.54, 1.807) is 12.1 Å². The molecule has 0 aliphatic rings. The number of nitrogen functional groups attached to an aromatic ring is 1. The maximum absolute atomic E-state index is 5.64. The van der Waals surface area contributed by atoms with Gasteiger partial charge < -0.3 is 5.73 Å². The van der Waals surface area contributed by atoms with E-state index in [9.17, 15) is 0 Å². The number of rotatable bonds is 0. The van der Waals surface area contributed by atoms with Crippen LogP contribution in [0.2, 0.25) is 15.1 Å². The third-order valence-electron chi connectivity index (χ3n) is 1.07. The molecule has 0 saturated carbocycles. The van der Waals surface area contributed by atoms with E-state index in [1.165, 1.54) is 0 Å². The van der Waals surface area contributed by atoms with Crippen LogP contribution in [0.3, 0.4) is 0 Å². The average molecular weight is 196 g/mol. The molecule has 0 bridgehead atoms.